The molecule has 0 heterocycles. The summed E-state index contributed by atoms with van der Waals surface area (Å²) in [5.74, 6) is 0.442. The van der Waals surface area contributed by atoms with E-state index in [9.17, 15) is 4.79 Å². The Morgan fingerprint density at radius 3 is 2.44 bits per heavy atom. The van der Waals surface area contributed by atoms with E-state index in [0.29, 0.717) is 10.7 Å². The fourth-order valence-corrected chi connectivity index (χ4v) is 2.73. The molecule has 0 spiro atoms. The third-order valence-electron chi connectivity index (χ3n) is 3.64. The molecule has 1 atom stereocenters. The van der Waals surface area contributed by atoms with Gasteiger partial charge < -0.3 is 4.90 Å². The van der Waals surface area contributed by atoms with Crippen LogP contribution < -0.4 is 0 Å². The lowest BCUT2D eigenvalue weighted by molar-refractivity contribution is -0.133. The zero-order chi connectivity index (χ0) is 13.1. The Kier molecular flexibility index (Phi) is 4.44. The predicted molar refractivity (Wildman–Crippen MR) is 78.0 cm³/mol. The van der Waals surface area contributed by atoms with E-state index in [1.807, 2.05) is 11.9 Å². The van der Waals surface area contributed by atoms with Crippen molar-refractivity contribution in [2.45, 2.75) is 31.0 Å². The predicted octanol–water partition coefficient (Wildman–Crippen LogP) is 3.03. The molecular weight excluding hydrogens is 290 g/mol. The Morgan fingerprint density at radius 2 is 1.94 bits per heavy atom. The van der Waals surface area contributed by atoms with Crippen LogP contribution in [0.25, 0.3) is 0 Å². The monoisotopic (exact) mass is 309 g/mol. The summed E-state index contributed by atoms with van der Waals surface area (Å²) in [6, 6.07) is 8.40. The fraction of sp³-hybridized carbons (Fsp3) is 0.533. The maximum Gasteiger partial charge on any atom is 0.226 e. The molecule has 2 nitrogen and oxygen atoms in total. The van der Waals surface area contributed by atoms with Crippen LogP contribution in [0.3, 0.4) is 0 Å². The number of hydrogen-bond acceptors (Lipinski definition) is 1. The summed E-state index contributed by atoms with van der Waals surface area (Å²) in [6.45, 7) is 2.95. The Balaban J connectivity index is 1.92. The molecule has 0 fully saturated rings. The second kappa shape index (κ2) is 5.87. The van der Waals surface area contributed by atoms with E-state index in [4.69, 9.17) is 0 Å². The normalized spacial score (nSPS) is 16.4. The lowest BCUT2D eigenvalue weighted by Crippen LogP contribution is -2.34. The first kappa shape index (κ1) is 13.6. The number of benzene rings is 1. The standard InChI is InChI=1S/C15H20BrNO/c1-11(16)7-8-17(2)15(18)14-9-12-5-3-4-6-13(12)10-14/h3-6,11,14H,7-10H2,1-2H3. The highest BCUT2D eigenvalue weighted by molar-refractivity contribution is 9.09. The van der Waals surface area contributed by atoms with Gasteiger partial charge in [0.05, 0.1) is 0 Å². The minimum atomic E-state index is 0.151. The van der Waals surface area contributed by atoms with Crippen LogP contribution in [-0.2, 0) is 17.6 Å². The summed E-state index contributed by atoms with van der Waals surface area (Å²) in [5.41, 5.74) is 2.69. The minimum Gasteiger partial charge on any atom is -0.345 e. The number of carbonyl (C=O) groups excluding carboxylic acids is 1. The molecule has 2 rings (SSSR count). The summed E-state index contributed by atoms with van der Waals surface area (Å²) >= 11 is 3.52. The zero-order valence-corrected chi connectivity index (χ0v) is 12.6. The summed E-state index contributed by atoms with van der Waals surface area (Å²) in [6.07, 6.45) is 2.81. The van der Waals surface area contributed by atoms with Gasteiger partial charge in [0.15, 0.2) is 0 Å². The van der Waals surface area contributed by atoms with Crippen LogP contribution in [0.2, 0.25) is 0 Å². The van der Waals surface area contributed by atoms with Crippen LogP contribution >= 0.6 is 15.9 Å². The van der Waals surface area contributed by atoms with Crippen molar-refractivity contribution in [2.75, 3.05) is 13.6 Å². The second-order valence-corrected chi connectivity index (χ2v) is 6.77. The number of halogens is 1. The van der Waals surface area contributed by atoms with Crippen LogP contribution in [0.5, 0.6) is 0 Å². The van der Waals surface area contributed by atoms with E-state index in [2.05, 4.69) is 47.1 Å². The molecule has 1 amide bonds. The van der Waals surface area contributed by atoms with Crippen molar-refractivity contribution in [1.82, 2.24) is 4.90 Å². The first-order valence-corrected chi connectivity index (χ1v) is 7.45. The third kappa shape index (κ3) is 3.14. The molecule has 0 saturated carbocycles. The van der Waals surface area contributed by atoms with E-state index in [0.717, 1.165) is 25.8 Å². The molecule has 3 heteroatoms. The molecule has 1 unspecified atom stereocenters. The Hall–Kier alpha value is -0.830. The highest BCUT2D eigenvalue weighted by atomic mass is 79.9. The smallest absolute Gasteiger partial charge is 0.226 e. The molecule has 0 aromatic heterocycles. The average molecular weight is 310 g/mol. The summed E-state index contributed by atoms with van der Waals surface area (Å²) in [5, 5.41) is 0. The number of amides is 1. The largest absolute Gasteiger partial charge is 0.345 e. The highest BCUT2D eigenvalue weighted by Crippen LogP contribution is 2.27. The molecule has 0 saturated heterocycles. The number of hydrogen-bond donors (Lipinski definition) is 0. The number of carbonyl (C=O) groups is 1. The van der Waals surface area contributed by atoms with Gasteiger partial charge in [-0.2, -0.15) is 0 Å². The topological polar surface area (TPSA) is 20.3 Å². The van der Waals surface area contributed by atoms with Gasteiger partial charge in [-0.3, -0.25) is 4.79 Å². The fourth-order valence-electron chi connectivity index (χ4n) is 2.53. The quantitative estimate of drug-likeness (QED) is 0.783. The van der Waals surface area contributed by atoms with E-state index in [1.165, 1.54) is 11.1 Å². The van der Waals surface area contributed by atoms with Gasteiger partial charge in [-0.15, -0.1) is 0 Å². The number of fused-ring (bicyclic) bond motifs is 1. The van der Waals surface area contributed by atoms with Crippen molar-refractivity contribution in [3.8, 4) is 0 Å². The van der Waals surface area contributed by atoms with Crippen LogP contribution in [-0.4, -0.2) is 29.2 Å². The lowest BCUT2D eigenvalue weighted by Gasteiger charge is -2.21. The van der Waals surface area contributed by atoms with Gasteiger partial charge in [-0.1, -0.05) is 47.1 Å². The van der Waals surface area contributed by atoms with Gasteiger partial charge >= 0.3 is 0 Å². The summed E-state index contributed by atoms with van der Waals surface area (Å²) in [4.78, 5) is 14.7. The highest BCUT2D eigenvalue weighted by Gasteiger charge is 2.28. The molecule has 1 aromatic rings. The van der Waals surface area contributed by atoms with Crippen molar-refractivity contribution in [3.05, 3.63) is 35.4 Å². The number of rotatable bonds is 4. The molecule has 18 heavy (non-hydrogen) atoms. The van der Waals surface area contributed by atoms with Crippen molar-refractivity contribution >= 4 is 21.8 Å². The minimum absolute atomic E-state index is 0.151. The van der Waals surface area contributed by atoms with Gasteiger partial charge in [-0.05, 0) is 30.4 Å². The van der Waals surface area contributed by atoms with Gasteiger partial charge in [0.1, 0.15) is 0 Å². The van der Waals surface area contributed by atoms with Crippen LogP contribution in [0.4, 0.5) is 0 Å². The van der Waals surface area contributed by atoms with E-state index in [-0.39, 0.29) is 5.92 Å². The Labute approximate surface area is 117 Å². The molecule has 1 aliphatic rings. The molecule has 1 aromatic carbocycles. The first-order chi connectivity index (χ1) is 8.58. The maximum atomic E-state index is 12.3. The SMILES string of the molecule is CC(Br)CCN(C)C(=O)C1Cc2ccccc2C1. The van der Waals surface area contributed by atoms with Crippen molar-refractivity contribution in [1.29, 1.82) is 0 Å². The second-order valence-electron chi connectivity index (χ2n) is 5.20. The molecule has 1 aliphatic carbocycles. The third-order valence-corrected chi connectivity index (χ3v) is 4.10. The Bertz CT molecular complexity index is 405. The zero-order valence-electron chi connectivity index (χ0n) is 11.0. The van der Waals surface area contributed by atoms with Gasteiger partial charge in [0.2, 0.25) is 5.91 Å². The van der Waals surface area contributed by atoms with E-state index in [1.54, 1.807) is 0 Å². The van der Waals surface area contributed by atoms with Crippen LogP contribution in [0.1, 0.15) is 24.5 Å². The number of alkyl halides is 1. The van der Waals surface area contributed by atoms with Crippen LogP contribution in [0, 0.1) is 5.92 Å². The lowest BCUT2D eigenvalue weighted by atomic mass is 10.0. The Morgan fingerprint density at radius 1 is 1.39 bits per heavy atom. The molecule has 0 radical (unpaired) electrons. The molecule has 0 bridgehead atoms. The van der Waals surface area contributed by atoms with E-state index < -0.39 is 0 Å². The van der Waals surface area contributed by atoms with E-state index >= 15 is 0 Å². The van der Waals surface area contributed by atoms with Crippen molar-refractivity contribution in [2.24, 2.45) is 5.92 Å². The summed E-state index contributed by atoms with van der Waals surface area (Å²) in [7, 11) is 1.92. The molecule has 0 N–H and O–H groups in total. The van der Waals surface area contributed by atoms with Gasteiger partial charge in [0.25, 0.3) is 0 Å². The molecule has 0 aliphatic heterocycles. The van der Waals surface area contributed by atoms with Gasteiger partial charge in [-0.25, -0.2) is 0 Å². The molecule has 98 valence electrons. The van der Waals surface area contributed by atoms with Gasteiger partial charge in [0, 0.05) is 24.3 Å². The van der Waals surface area contributed by atoms with Crippen molar-refractivity contribution in [3.63, 3.8) is 0 Å². The first-order valence-electron chi connectivity index (χ1n) is 6.53. The number of nitrogens with zero attached hydrogens (tertiary/aromatic N) is 1. The van der Waals surface area contributed by atoms with Crippen LogP contribution in [0.15, 0.2) is 24.3 Å². The van der Waals surface area contributed by atoms with Crippen molar-refractivity contribution < 1.29 is 4.79 Å². The molecular formula is C15H20BrNO. The average Bonchev–Trinajstić information content (AvgIpc) is 2.78. The maximum absolute atomic E-state index is 12.3. The summed E-state index contributed by atoms with van der Waals surface area (Å²) < 4.78 is 0.